The Morgan fingerprint density at radius 2 is 2.00 bits per heavy atom. The first-order chi connectivity index (χ1) is 14.7. The smallest absolute Gasteiger partial charge is 0.293 e. The van der Waals surface area contributed by atoms with E-state index in [0.717, 1.165) is 18.9 Å². The zero-order valence-corrected chi connectivity index (χ0v) is 18.6. The minimum Gasteiger partial charge on any atom is -0.368 e. The number of carbonyl (C=O) groups excluding carboxylic acids is 1. The normalized spacial score (nSPS) is 19.8. The van der Waals surface area contributed by atoms with Crippen molar-refractivity contribution in [3.05, 3.63) is 28.3 Å². The van der Waals surface area contributed by atoms with Crippen LogP contribution in [0, 0.1) is 10.1 Å². The number of nitrogens with zero attached hydrogens (tertiary/aromatic N) is 4. The van der Waals surface area contributed by atoms with Crippen molar-refractivity contribution in [1.29, 1.82) is 0 Å². The van der Waals surface area contributed by atoms with Crippen molar-refractivity contribution in [3.8, 4) is 0 Å². The summed E-state index contributed by atoms with van der Waals surface area (Å²) in [6.45, 7) is 3.02. The SMILES string of the molecule is CN(C)CCNS(=O)(=O)c1ccc(N2CCN(C(=O)C3CCCO3)CC2)c([N+](=O)[O-])c1. The molecule has 0 aromatic heterocycles. The highest BCUT2D eigenvalue weighted by Gasteiger charge is 2.32. The topological polar surface area (TPSA) is 125 Å². The fraction of sp³-hybridized carbons (Fsp3) is 0.632. The lowest BCUT2D eigenvalue weighted by molar-refractivity contribution is -0.384. The van der Waals surface area contributed by atoms with Crippen molar-refractivity contribution < 1.29 is 22.9 Å². The van der Waals surface area contributed by atoms with E-state index in [1.54, 1.807) is 4.90 Å². The Morgan fingerprint density at radius 1 is 1.29 bits per heavy atom. The summed E-state index contributed by atoms with van der Waals surface area (Å²) in [5.74, 6) is -0.0307. The molecular formula is C19H29N5O6S. The van der Waals surface area contributed by atoms with Gasteiger partial charge in [-0.3, -0.25) is 14.9 Å². The predicted octanol–water partition coefficient (Wildman–Crippen LogP) is 0.262. The number of anilines is 1. The maximum atomic E-state index is 12.5. The number of nitro benzene ring substituents is 1. The summed E-state index contributed by atoms with van der Waals surface area (Å²) in [6.07, 6.45) is 1.22. The quantitative estimate of drug-likeness (QED) is 0.437. The van der Waals surface area contributed by atoms with Gasteiger partial charge in [-0.05, 0) is 39.1 Å². The van der Waals surface area contributed by atoms with E-state index < -0.39 is 14.9 Å². The molecule has 0 saturated carbocycles. The Bertz CT molecular complexity index is 908. The van der Waals surface area contributed by atoms with E-state index in [-0.39, 0.29) is 29.1 Å². The van der Waals surface area contributed by atoms with Gasteiger partial charge in [0.05, 0.1) is 9.82 Å². The first kappa shape index (κ1) is 23.4. The van der Waals surface area contributed by atoms with Gasteiger partial charge in [-0.25, -0.2) is 13.1 Å². The van der Waals surface area contributed by atoms with E-state index in [4.69, 9.17) is 4.74 Å². The van der Waals surface area contributed by atoms with E-state index in [1.165, 1.54) is 12.1 Å². The van der Waals surface area contributed by atoms with Crippen molar-refractivity contribution in [2.24, 2.45) is 0 Å². The highest BCUT2D eigenvalue weighted by atomic mass is 32.2. The van der Waals surface area contributed by atoms with Gasteiger partial charge in [0.2, 0.25) is 10.0 Å². The van der Waals surface area contributed by atoms with Gasteiger partial charge in [0.15, 0.2) is 0 Å². The molecule has 2 aliphatic rings. The minimum atomic E-state index is -3.86. The molecule has 0 bridgehead atoms. The van der Waals surface area contributed by atoms with Crippen LogP contribution in [0.2, 0.25) is 0 Å². The van der Waals surface area contributed by atoms with Gasteiger partial charge in [0.1, 0.15) is 11.8 Å². The summed E-state index contributed by atoms with van der Waals surface area (Å²) < 4.78 is 32.9. The predicted molar refractivity (Wildman–Crippen MR) is 115 cm³/mol. The van der Waals surface area contributed by atoms with Crippen molar-refractivity contribution in [2.75, 3.05) is 64.9 Å². The van der Waals surface area contributed by atoms with Gasteiger partial charge in [-0.2, -0.15) is 0 Å². The lowest BCUT2D eigenvalue weighted by atomic mass is 10.2. The molecule has 1 amide bonds. The lowest BCUT2D eigenvalue weighted by Crippen LogP contribution is -2.51. The van der Waals surface area contributed by atoms with Gasteiger partial charge in [0.25, 0.3) is 11.6 Å². The third-order valence-electron chi connectivity index (χ3n) is 5.44. The van der Waals surface area contributed by atoms with Crippen molar-refractivity contribution in [2.45, 2.75) is 23.8 Å². The van der Waals surface area contributed by atoms with Gasteiger partial charge in [-0.15, -0.1) is 0 Å². The zero-order chi connectivity index (χ0) is 22.6. The monoisotopic (exact) mass is 455 g/mol. The number of benzene rings is 1. The molecule has 2 saturated heterocycles. The molecule has 2 fully saturated rings. The molecule has 31 heavy (non-hydrogen) atoms. The minimum absolute atomic E-state index is 0.0307. The van der Waals surface area contributed by atoms with Crippen LogP contribution in [0.25, 0.3) is 0 Å². The van der Waals surface area contributed by atoms with Crippen molar-refractivity contribution in [1.82, 2.24) is 14.5 Å². The average Bonchev–Trinajstić information content (AvgIpc) is 3.27. The number of hydrogen-bond acceptors (Lipinski definition) is 8. The molecule has 172 valence electrons. The highest BCUT2D eigenvalue weighted by Crippen LogP contribution is 2.31. The second kappa shape index (κ2) is 9.90. The number of piperazine rings is 1. The molecule has 2 aliphatic heterocycles. The molecule has 0 aliphatic carbocycles. The van der Waals surface area contributed by atoms with Crippen LogP contribution in [0.5, 0.6) is 0 Å². The number of sulfonamides is 1. The molecule has 1 aromatic carbocycles. The summed E-state index contributed by atoms with van der Waals surface area (Å²) in [5, 5.41) is 11.7. The molecule has 1 atom stereocenters. The largest absolute Gasteiger partial charge is 0.368 e. The van der Waals surface area contributed by atoms with Crippen LogP contribution in [0.4, 0.5) is 11.4 Å². The Kier molecular flexibility index (Phi) is 7.46. The molecule has 1 unspecified atom stereocenters. The standard InChI is InChI=1S/C19H29N5O6S/c1-21(2)8-7-20-31(28,29)15-5-6-16(17(14-15)24(26)27)22-9-11-23(12-10-22)19(25)18-4-3-13-30-18/h5-6,14,18,20H,3-4,7-13H2,1-2H3. The van der Waals surface area contributed by atoms with Crippen LogP contribution in [0.3, 0.4) is 0 Å². The number of likely N-dealkylation sites (N-methyl/N-ethyl adjacent to an activating group) is 1. The van der Waals surface area contributed by atoms with Gasteiger partial charge < -0.3 is 19.4 Å². The molecule has 11 nitrogen and oxygen atoms in total. The third-order valence-corrected chi connectivity index (χ3v) is 6.90. The molecular weight excluding hydrogens is 426 g/mol. The molecule has 0 radical (unpaired) electrons. The highest BCUT2D eigenvalue weighted by molar-refractivity contribution is 7.89. The van der Waals surface area contributed by atoms with E-state index >= 15 is 0 Å². The summed E-state index contributed by atoms with van der Waals surface area (Å²) in [5.41, 5.74) is 0.0795. The van der Waals surface area contributed by atoms with Crippen LogP contribution >= 0.6 is 0 Å². The zero-order valence-electron chi connectivity index (χ0n) is 17.8. The maximum absolute atomic E-state index is 12.5. The number of hydrogen-bond donors (Lipinski definition) is 1. The first-order valence-corrected chi connectivity index (χ1v) is 11.8. The van der Waals surface area contributed by atoms with Gasteiger partial charge >= 0.3 is 0 Å². The number of amides is 1. The molecule has 1 N–H and O–H groups in total. The number of nitro groups is 1. The van der Waals surface area contributed by atoms with Crippen molar-refractivity contribution in [3.63, 3.8) is 0 Å². The summed E-state index contributed by atoms with van der Waals surface area (Å²) in [6, 6.07) is 3.94. The number of ether oxygens (including phenoxy) is 1. The van der Waals surface area contributed by atoms with Crippen LogP contribution < -0.4 is 9.62 Å². The Balaban J connectivity index is 1.70. The Labute approximate surface area is 182 Å². The second-order valence-corrected chi connectivity index (χ2v) is 9.69. The summed E-state index contributed by atoms with van der Waals surface area (Å²) in [7, 11) is -0.212. The van der Waals surface area contributed by atoms with Crippen molar-refractivity contribution >= 4 is 27.3 Å². The van der Waals surface area contributed by atoms with E-state index in [2.05, 4.69) is 4.72 Å². The fourth-order valence-electron chi connectivity index (χ4n) is 3.71. The van der Waals surface area contributed by atoms with E-state index in [1.807, 2.05) is 23.9 Å². The summed E-state index contributed by atoms with van der Waals surface area (Å²) in [4.78, 5) is 28.8. The number of nitrogens with one attached hydrogen (secondary N) is 1. The number of carbonyl (C=O) groups is 1. The van der Waals surface area contributed by atoms with Crippen LogP contribution in [-0.4, -0.2) is 95.1 Å². The lowest BCUT2D eigenvalue weighted by Gasteiger charge is -2.36. The van der Waals surface area contributed by atoms with Crippen LogP contribution in [-0.2, 0) is 19.6 Å². The molecule has 3 rings (SSSR count). The first-order valence-electron chi connectivity index (χ1n) is 10.3. The van der Waals surface area contributed by atoms with E-state index in [0.29, 0.717) is 45.0 Å². The van der Waals surface area contributed by atoms with Gasteiger partial charge in [0, 0.05) is 51.9 Å². The molecule has 0 spiro atoms. The fourth-order valence-corrected chi connectivity index (χ4v) is 4.76. The Morgan fingerprint density at radius 3 is 2.58 bits per heavy atom. The van der Waals surface area contributed by atoms with Gasteiger partial charge in [-0.1, -0.05) is 0 Å². The molecule has 1 aromatic rings. The second-order valence-electron chi connectivity index (χ2n) is 7.92. The summed E-state index contributed by atoms with van der Waals surface area (Å²) >= 11 is 0. The van der Waals surface area contributed by atoms with Crippen LogP contribution in [0.1, 0.15) is 12.8 Å². The average molecular weight is 456 g/mol. The van der Waals surface area contributed by atoms with E-state index in [9.17, 15) is 23.3 Å². The molecule has 2 heterocycles. The number of rotatable bonds is 8. The maximum Gasteiger partial charge on any atom is 0.293 e. The Hall–Kier alpha value is -2.28. The molecule has 12 heteroatoms. The van der Waals surface area contributed by atoms with Crippen LogP contribution in [0.15, 0.2) is 23.1 Å². The third kappa shape index (κ3) is 5.70.